The van der Waals surface area contributed by atoms with Gasteiger partial charge in [-0.2, -0.15) is 0 Å². The summed E-state index contributed by atoms with van der Waals surface area (Å²) in [6.45, 7) is 0. The highest BCUT2D eigenvalue weighted by molar-refractivity contribution is 5.81. The Morgan fingerprint density at radius 2 is 2.30 bits per heavy atom. The second-order valence-electron chi connectivity index (χ2n) is 5.20. The Labute approximate surface area is 116 Å². The molecule has 20 heavy (non-hydrogen) atoms. The van der Waals surface area contributed by atoms with Crippen molar-refractivity contribution in [2.24, 2.45) is 5.92 Å². The molecule has 2 heterocycles. The van der Waals surface area contributed by atoms with Crippen LogP contribution in [0.4, 0.5) is 5.82 Å². The van der Waals surface area contributed by atoms with Crippen molar-refractivity contribution >= 4 is 23.0 Å². The van der Waals surface area contributed by atoms with Gasteiger partial charge in [-0.3, -0.25) is 4.79 Å². The molecule has 1 saturated carbocycles. The van der Waals surface area contributed by atoms with E-state index in [1.807, 2.05) is 4.57 Å². The van der Waals surface area contributed by atoms with Crippen LogP contribution in [-0.2, 0) is 9.53 Å². The topological polar surface area (TPSA) is 95.9 Å². The minimum absolute atomic E-state index is 0.141. The highest BCUT2D eigenvalue weighted by Crippen LogP contribution is 2.37. The van der Waals surface area contributed by atoms with Crippen molar-refractivity contribution in [3.63, 3.8) is 0 Å². The number of hydrogen-bond acceptors (Lipinski definition) is 6. The van der Waals surface area contributed by atoms with Crippen LogP contribution in [0.25, 0.3) is 11.2 Å². The SMILES string of the molecule is COC(=O)C[C@@H]1CC[C@H](n2cnc3c(N)ncnc32)C1. The van der Waals surface area contributed by atoms with Crippen LogP contribution in [0.5, 0.6) is 0 Å². The van der Waals surface area contributed by atoms with E-state index in [0.29, 0.717) is 29.7 Å². The van der Waals surface area contributed by atoms with Crippen LogP contribution < -0.4 is 5.73 Å². The first-order valence-electron chi connectivity index (χ1n) is 6.69. The van der Waals surface area contributed by atoms with E-state index in [4.69, 9.17) is 10.5 Å². The largest absolute Gasteiger partial charge is 0.469 e. The van der Waals surface area contributed by atoms with Crippen LogP contribution in [-0.4, -0.2) is 32.6 Å². The predicted molar refractivity (Wildman–Crippen MR) is 72.7 cm³/mol. The number of methoxy groups -OCH3 is 1. The molecule has 7 nitrogen and oxygen atoms in total. The van der Waals surface area contributed by atoms with Gasteiger partial charge in [0.2, 0.25) is 0 Å². The molecule has 1 aliphatic rings. The minimum atomic E-state index is -0.141. The zero-order chi connectivity index (χ0) is 14.1. The monoisotopic (exact) mass is 275 g/mol. The fourth-order valence-corrected chi connectivity index (χ4v) is 2.94. The van der Waals surface area contributed by atoms with E-state index in [0.717, 1.165) is 24.9 Å². The molecule has 0 amide bonds. The average molecular weight is 275 g/mol. The number of carbonyl (C=O) groups is 1. The first-order valence-corrected chi connectivity index (χ1v) is 6.69. The number of hydrogen-bond donors (Lipinski definition) is 1. The zero-order valence-corrected chi connectivity index (χ0v) is 11.3. The van der Waals surface area contributed by atoms with E-state index in [1.54, 1.807) is 6.33 Å². The molecular weight excluding hydrogens is 258 g/mol. The van der Waals surface area contributed by atoms with Gasteiger partial charge in [-0.15, -0.1) is 0 Å². The number of rotatable bonds is 3. The second-order valence-corrected chi connectivity index (χ2v) is 5.20. The average Bonchev–Trinajstić information content (AvgIpc) is 3.05. The Balaban J connectivity index is 1.80. The molecule has 7 heteroatoms. The van der Waals surface area contributed by atoms with Crippen LogP contribution >= 0.6 is 0 Å². The Morgan fingerprint density at radius 1 is 1.45 bits per heavy atom. The van der Waals surface area contributed by atoms with Gasteiger partial charge in [0.1, 0.15) is 11.8 Å². The molecule has 0 spiro atoms. The molecule has 0 bridgehead atoms. The summed E-state index contributed by atoms with van der Waals surface area (Å²) in [7, 11) is 1.43. The van der Waals surface area contributed by atoms with Gasteiger partial charge in [-0.1, -0.05) is 0 Å². The third-order valence-corrected chi connectivity index (χ3v) is 3.98. The van der Waals surface area contributed by atoms with Crippen molar-refractivity contribution in [3.05, 3.63) is 12.7 Å². The van der Waals surface area contributed by atoms with Gasteiger partial charge in [0.15, 0.2) is 11.5 Å². The Hall–Kier alpha value is -2.18. The summed E-state index contributed by atoms with van der Waals surface area (Å²) in [6, 6.07) is 0.309. The van der Waals surface area contributed by atoms with Gasteiger partial charge in [0, 0.05) is 12.5 Å². The maximum atomic E-state index is 11.3. The van der Waals surface area contributed by atoms with E-state index >= 15 is 0 Å². The number of imidazole rings is 1. The fraction of sp³-hybridized carbons (Fsp3) is 0.538. The van der Waals surface area contributed by atoms with Crippen molar-refractivity contribution in [2.45, 2.75) is 31.7 Å². The molecule has 3 rings (SSSR count). The molecule has 2 N–H and O–H groups in total. The van der Waals surface area contributed by atoms with E-state index in [-0.39, 0.29) is 5.97 Å². The highest BCUT2D eigenvalue weighted by Gasteiger charge is 2.29. The summed E-state index contributed by atoms with van der Waals surface area (Å²) in [4.78, 5) is 23.8. The number of ether oxygens (including phenoxy) is 1. The number of nitrogens with two attached hydrogens (primary N) is 1. The third-order valence-electron chi connectivity index (χ3n) is 3.98. The molecule has 2 aromatic heterocycles. The van der Waals surface area contributed by atoms with E-state index in [2.05, 4.69) is 15.0 Å². The quantitative estimate of drug-likeness (QED) is 0.848. The van der Waals surface area contributed by atoms with Crippen molar-refractivity contribution in [3.8, 4) is 0 Å². The van der Waals surface area contributed by atoms with Gasteiger partial charge in [-0.25, -0.2) is 15.0 Å². The molecule has 1 fully saturated rings. The van der Waals surface area contributed by atoms with Crippen LogP contribution in [0.2, 0.25) is 0 Å². The molecule has 0 saturated heterocycles. The normalized spacial score (nSPS) is 22.2. The number of esters is 1. The van der Waals surface area contributed by atoms with Crippen LogP contribution in [0.3, 0.4) is 0 Å². The van der Waals surface area contributed by atoms with E-state index in [1.165, 1.54) is 13.4 Å². The number of anilines is 1. The number of fused-ring (bicyclic) bond motifs is 1. The summed E-state index contributed by atoms with van der Waals surface area (Å²) in [5, 5.41) is 0. The van der Waals surface area contributed by atoms with Crippen LogP contribution in [0.1, 0.15) is 31.7 Å². The molecular formula is C13H17N5O2. The lowest BCUT2D eigenvalue weighted by Crippen LogP contribution is -2.09. The lowest BCUT2D eigenvalue weighted by atomic mass is 10.0. The molecule has 0 aromatic carbocycles. The molecule has 1 aliphatic carbocycles. The second kappa shape index (κ2) is 5.07. The van der Waals surface area contributed by atoms with Crippen LogP contribution in [0, 0.1) is 5.92 Å². The van der Waals surface area contributed by atoms with Gasteiger partial charge in [0.05, 0.1) is 13.4 Å². The maximum Gasteiger partial charge on any atom is 0.305 e. The van der Waals surface area contributed by atoms with Gasteiger partial charge >= 0.3 is 5.97 Å². The van der Waals surface area contributed by atoms with Crippen LogP contribution in [0.15, 0.2) is 12.7 Å². The highest BCUT2D eigenvalue weighted by atomic mass is 16.5. The molecule has 0 unspecified atom stereocenters. The maximum absolute atomic E-state index is 11.3. The van der Waals surface area contributed by atoms with Gasteiger partial charge in [-0.05, 0) is 25.2 Å². The third kappa shape index (κ3) is 2.19. The van der Waals surface area contributed by atoms with E-state index in [9.17, 15) is 4.79 Å². The molecule has 0 aliphatic heterocycles. The van der Waals surface area contributed by atoms with Gasteiger partial charge < -0.3 is 15.0 Å². The molecule has 2 atom stereocenters. The Bertz CT molecular complexity index is 639. The summed E-state index contributed by atoms with van der Waals surface area (Å²) in [5.74, 6) is 0.625. The van der Waals surface area contributed by atoms with E-state index < -0.39 is 0 Å². The number of nitrogen functional groups attached to an aromatic ring is 1. The summed E-state index contributed by atoms with van der Waals surface area (Å²) in [5.41, 5.74) is 7.20. The summed E-state index contributed by atoms with van der Waals surface area (Å²) < 4.78 is 6.78. The fourth-order valence-electron chi connectivity index (χ4n) is 2.94. The summed E-state index contributed by atoms with van der Waals surface area (Å²) in [6.07, 6.45) is 6.66. The first kappa shape index (κ1) is 12.8. The number of carbonyl (C=O) groups excluding carboxylic acids is 1. The number of nitrogens with zero attached hydrogens (tertiary/aromatic N) is 4. The predicted octanol–water partition coefficient (Wildman–Crippen LogP) is 1.31. The Morgan fingerprint density at radius 3 is 3.10 bits per heavy atom. The number of aromatic nitrogens is 4. The lowest BCUT2D eigenvalue weighted by molar-refractivity contribution is -0.141. The van der Waals surface area contributed by atoms with Crippen molar-refractivity contribution in [1.29, 1.82) is 0 Å². The van der Waals surface area contributed by atoms with Crippen molar-refractivity contribution in [1.82, 2.24) is 19.5 Å². The molecule has 106 valence electrons. The van der Waals surface area contributed by atoms with Gasteiger partial charge in [0.25, 0.3) is 0 Å². The zero-order valence-electron chi connectivity index (χ0n) is 11.3. The molecule has 2 aromatic rings. The standard InChI is InChI=1S/C13H17N5O2/c1-20-10(19)5-8-2-3-9(4-8)18-7-17-11-12(14)15-6-16-13(11)18/h6-9H,2-5H2,1H3,(H2,14,15,16)/t8-,9+/m1/s1. The lowest BCUT2D eigenvalue weighted by Gasteiger charge is -2.12. The summed E-state index contributed by atoms with van der Waals surface area (Å²) >= 11 is 0. The van der Waals surface area contributed by atoms with Crippen molar-refractivity contribution < 1.29 is 9.53 Å². The first-order chi connectivity index (χ1) is 9.69. The van der Waals surface area contributed by atoms with Crippen molar-refractivity contribution in [2.75, 3.05) is 12.8 Å². The Kier molecular flexibility index (Phi) is 3.25. The minimum Gasteiger partial charge on any atom is -0.469 e. The smallest absolute Gasteiger partial charge is 0.305 e. The molecule has 0 radical (unpaired) electrons.